The van der Waals surface area contributed by atoms with Crippen LogP contribution in [0, 0.1) is 5.82 Å². The summed E-state index contributed by atoms with van der Waals surface area (Å²) in [5.41, 5.74) is 1.39. The second kappa shape index (κ2) is 9.30. The summed E-state index contributed by atoms with van der Waals surface area (Å²) in [7, 11) is 0.736. The number of hydrogen-bond acceptors (Lipinski definition) is 6. The number of hydrogen-bond donors (Lipinski definition) is 1. The van der Waals surface area contributed by atoms with Crippen molar-refractivity contribution in [2.24, 2.45) is 0 Å². The molecule has 0 atom stereocenters. The Morgan fingerprint density at radius 3 is 2.34 bits per heavy atom. The number of amides is 1. The Balaban J connectivity index is 1.82. The van der Waals surface area contributed by atoms with Crippen molar-refractivity contribution >= 4 is 32.6 Å². The molecule has 0 spiro atoms. The van der Waals surface area contributed by atoms with E-state index in [0.717, 1.165) is 10.6 Å². The average Bonchev–Trinajstić information content (AvgIpc) is 3.21. The van der Waals surface area contributed by atoms with Gasteiger partial charge in [-0.05, 0) is 42.5 Å². The lowest BCUT2D eigenvalue weighted by molar-refractivity contribution is 0.0964. The number of para-hydroxylation sites is 1. The maximum Gasteiger partial charge on any atom is 0.255 e. The van der Waals surface area contributed by atoms with Crippen LogP contribution < -0.4 is 19.1 Å². The Bertz CT molecular complexity index is 1510. The zero-order valence-corrected chi connectivity index (χ0v) is 20.3. The number of methoxy groups -OCH3 is 1. The van der Waals surface area contributed by atoms with Gasteiger partial charge < -0.3 is 19.2 Å². The first kappa shape index (κ1) is 24.1. The highest BCUT2D eigenvalue weighted by atomic mass is 32.2. The van der Waals surface area contributed by atoms with Crippen LogP contribution in [0.4, 0.5) is 10.1 Å². The molecule has 0 fully saturated rings. The molecule has 1 N–H and O–H groups in total. The summed E-state index contributed by atoms with van der Waals surface area (Å²) in [4.78, 5) is 12.8. The van der Waals surface area contributed by atoms with Crippen molar-refractivity contribution < 1.29 is 31.5 Å². The minimum Gasteiger partial charge on any atom is -0.495 e. The summed E-state index contributed by atoms with van der Waals surface area (Å²) in [6.07, 6.45) is 1.07. The molecule has 0 bridgehead atoms. The molecule has 0 aliphatic heterocycles. The summed E-state index contributed by atoms with van der Waals surface area (Å²) in [6.45, 7) is 0. The quantitative estimate of drug-likeness (QED) is 0.393. The highest BCUT2D eigenvalue weighted by Gasteiger charge is 2.25. The molecule has 10 heteroatoms. The Kier molecular flexibility index (Phi) is 6.40. The third kappa shape index (κ3) is 4.65. The van der Waals surface area contributed by atoms with Crippen LogP contribution in [-0.4, -0.2) is 41.8 Å². The van der Waals surface area contributed by atoms with E-state index in [1.54, 1.807) is 42.5 Å². The number of halogens is 1. The highest BCUT2D eigenvalue weighted by Crippen LogP contribution is 2.41. The molecule has 1 amide bonds. The summed E-state index contributed by atoms with van der Waals surface area (Å²) in [6, 6.07) is 15.8. The zero-order chi connectivity index (χ0) is 25.3. The number of nitrogens with one attached hydrogen (secondary N) is 1. The molecule has 0 radical (unpaired) electrons. The van der Waals surface area contributed by atoms with Crippen LogP contribution in [0.2, 0.25) is 0 Å². The van der Waals surface area contributed by atoms with E-state index in [1.807, 2.05) is 0 Å². The van der Waals surface area contributed by atoms with E-state index < -0.39 is 21.7 Å². The summed E-state index contributed by atoms with van der Waals surface area (Å²) >= 11 is 0. The first-order valence-electron chi connectivity index (χ1n) is 10.5. The number of nitrogens with zero attached hydrogens (tertiary/aromatic N) is 1. The topological polar surface area (TPSA) is 98.1 Å². The summed E-state index contributed by atoms with van der Waals surface area (Å²) < 4.78 is 56.3. The number of sulfonamides is 1. The first-order chi connectivity index (χ1) is 16.6. The van der Waals surface area contributed by atoms with Crippen molar-refractivity contribution in [2.75, 3.05) is 31.8 Å². The summed E-state index contributed by atoms with van der Waals surface area (Å²) in [5, 5.41) is 3.06. The van der Waals surface area contributed by atoms with Gasteiger partial charge in [0.25, 0.3) is 5.91 Å². The molecule has 3 aromatic carbocycles. The SMILES string of the molecule is CNC(=O)c1c(-c2ccc(Oc3ccccc3F)cc2)oc2cc(N(C)S(C)(=O)=O)c(OC)cc12. The van der Waals surface area contributed by atoms with E-state index in [4.69, 9.17) is 13.9 Å². The number of ether oxygens (including phenoxy) is 2. The van der Waals surface area contributed by atoms with E-state index in [2.05, 4.69) is 5.32 Å². The molecular formula is C25H23FN2O6S. The van der Waals surface area contributed by atoms with E-state index in [9.17, 15) is 17.6 Å². The third-order valence-electron chi connectivity index (χ3n) is 5.46. The molecule has 4 aromatic rings. The number of fused-ring (bicyclic) bond motifs is 1. The fourth-order valence-corrected chi connectivity index (χ4v) is 4.08. The van der Waals surface area contributed by atoms with Gasteiger partial charge in [-0.1, -0.05) is 12.1 Å². The molecule has 1 heterocycles. The molecule has 35 heavy (non-hydrogen) atoms. The lowest BCUT2D eigenvalue weighted by Crippen LogP contribution is -2.25. The van der Waals surface area contributed by atoms with E-state index in [0.29, 0.717) is 22.3 Å². The van der Waals surface area contributed by atoms with Crippen molar-refractivity contribution in [3.8, 4) is 28.6 Å². The second-order valence-electron chi connectivity index (χ2n) is 7.69. The number of rotatable bonds is 7. The van der Waals surface area contributed by atoms with Gasteiger partial charge in [-0.25, -0.2) is 12.8 Å². The molecule has 0 aliphatic carbocycles. The minimum absolute atomic E-state index is 0.0876. The van der Waals surface area contributed by atoms with Crippen LogP contribution in [0.25, 0.3) is 22.3 Å². The first-order valence-corrected chi connectivity index (χ1v) is 12.3. The average molecular weight is 499 g/mol. The highest BCUT2D eigenvalue weighted by molar-refractivity contribution is 7.92. The molecule has 0 saturated carbocycles. The molecule has 0 unspecified atom stereocenters. The Hall–Kier alpha value is -4.05. The predicted molar refractivity (Wildman–Crippen MR) is 131 cm³/mol. The fourth-order valence-electron chi connectivity index (χ4n) is 3.58. The van der Waals surface area contributed by atoms with Gasteiger partial charge >= 0.3 is 0 Å². The lowest BCUT2D eigenvalue weighted by Gasteiger charge is -2.19. The van der Waals surface area contributed by atoms with E-state index in [1.165, 1.54) is 39.4 Å². The Morgan fingerprint density at radius 2 is 1.74 bits per heavy atom. The van der Waals surface area contributed by atoms with E-state index in [-0.39, 0.29) is 28.5 Å². The molecule has 4 rings (SSSR count). The largest absolute Gasteiger partial charge is 0.495 e. The normalized spacial score (nSPS) is 11.3. The maximum absolute atomic E-state index is 13.9. The van der Waals surface area contributed by atoms with Crippen LogP contribution in [0.5, 0.6) is 17.2 Å². The Labute approximate surface area is 201 Å². The van der Waals surface area contributed by atoms with Gasteiger partial charge in [0.1, 0.15) is 22.8 Å². The molecule has 1 aromatic heterocycles. The summed E-state index contributed by atoms with van der Waals surface area (Å²) in [5.74, 6) is 0.144. The number of benzene rings is 3. The number of furan rings is 1. The minimum atomic E-state index is -3.58. The second-order valence-corrected chi connectivity index (χ2v) is 9.71. The van der Waals surface area contributed by atoms with Gasteiger partial charge in [0.05, 0.1) is 24.6 Å². The van der Waals surface area contributed by atoms with Crippen molar-refractivity contribution in [2.45, 2.75) is 0 Å². The number of anilines is 1. The number of carbonyl (C=O) groups is 1. The van der Waals surface area contributed by atoms with Crippen molar-refractivity contribution in [3.05, 3.63) is 72.0 Å². The smallest absolute Gasteiger partial charge is 0.255 e. The van der Waals surface area contributed by atoms with Gasteiger partial charge in [-0.2, -0.15) is 0 Å². The van der Waals surface area contributed by atoms with Crippen LogP contribution in [0.15, 0.2) is 65.1 Å². The molecule has 8 nitrogen and oxygen atoms in total. The predicted octanol–water partition coefficient (Wildman–Crippen LogP) is 4.80. The van der Waals surface area contributed by atoms with Crippen molar-refractivity contribution in [1.29, 1.82) is 0 Å². The third-order valence-corrected chi connectivity index (χ3v) is 6.65. The van der Waals surface area contributed by atoms with Gasteiger partial charge in [-0.15, -0.1) is 0 Å². The zero-order valence-electron chi connectivity index (χ0n) is 19.5. The van der Waals surface area contributed by atoms with Gasteiger partial charge in [0, 0.05) is 31.1 Å². The molecule has 0 aliphatic rings. The van der Waals surface area contributed by atoms with Crippen LogP contribution in [-0.2, 0) is 10.0 Å². The van der Waals surface area contributed by atoms with Gasteiger partial charge in [-0.3, -0.25) is 9.10 Å². The maximum atomic E-state index is 13.9. The molecule has 0 saturated heterocycles. The molecular weight excluding hydrogens is 475 g/mol. The Morgan fingerprint density at radius 1 is 1.06 bits per heavy atom. The van der Waals surface area contributed by atoms with Crippen LogP contribution in [0.1, 0.15) is 10.4 Å². The van der Waals surface area contributed by atoms with E-state index >= 15 is 0 Å². The van der Waals surface area contributed by atoms with Crippen LogP contribution in [0.3, 0.4) is 0 Å². The number of carbonyl (C=O) groups excluding carboxylic acids is 1. The standard InChI is InChI=1S/C25H23FN2O6S/c1-27-25(29)23-17-13-22(32-3)19(28(2)35(4,30)31)14-21(17)34-24(23)15-9-11-16(12-10-15)33-20-8-6-5-7-18(20)26/h5-14H,1-4H3,(H,27,29). The van der Waals surface area contributed by atoms with Gasteiger partial charge in [0.15, 0.2) is 11.6 Å². The van der Waals surface area contributed by atoms with Gasteiger partial charge in [0.2, 0.25) is 10.0 Å². The fraction of sp³-hybridized carbons (Fsp3) is 0.160. The lowest BCUT2D eigenvalue weighted by atomic mass is 10.0. The van der Waals surface area contributed by atoms with Crippen LogP contribution >= 0.6 is 0 Å². The molecule has 182 valence electrons. The van der Waals surface area contributed by atoms with Crippen molar-refractivity contribution in [1.82, 2.24) is 5.32 Å². The monoisotopic (exact) mass is 498 g/mol. The van der Waals surface area contributed by atoms with Crippen molar-refractivity contribution in [3.63, 3.8) is 0 Å².